The summed E-state index contributed by atoms with van der Waals surface area (Å²) in [6, 6.07) is 17.6. The number of carbonyl (C=O) groups excluding carboxylic acids is 2. The maximum atomic E-state index is 13.9. The Morgan fingerprint density at radius 3 is 2.33 bits per heavy atom. The molecule has 0 aromatic heterocycles. The fourth-order valence-electron chi connectivity index (χ4n) is 4.09. The lowest BCUT2D eigenvalue weighted by molar-refractivity contribution is -0.139. The van der Waals surface area contributed by atoms with Crippen molar-refractivity contribution in [2.24, 2.45) is 0 Å². The van der Waals surface area contributed by atoms with E-state index in [1.165, 1.54) is 17.0 Å². The highest BCUT2D eigenvalue weighted by atomic mass is 35.5. The molecule has 0 aliphatic heterocycles. The summed E-state index contributed by atoms with van der Waals surface area (Å²) in [6.45, 7) is 6.89. The Kier molecular flexibility index (Phi) is 9.99. The van der Waals surface area contributed by atoms with E-state index in [1.807, 2.05) is 13.0 Å². The Bertz CT molecular complexity index is 1430. The first-order valence-electron chi connectivity index (χ1n) is 12.5. The standard InChI is InChI=1S/C29H34ClN3O5S/c1-6-31-29(35)22(4)32(18-23-9-7-10-24(17-23)38-5)28(34)19-33(27-12-8-11-26(30)21(27)3)39(36,37)25-15-13-20(2)14-16-25/h7-17,22H,6,18-19H2,1-5H3,(H,31,35)/t22-/m1/s1. The number of nitrogens with zero attached hydrogens (tertiary/aromatic N) is 2. The highest BCUT2D eigenvalue weighted by molar-refractivity contribution is 7.92. The van der Waals surface area contributed by atoms with Crippen LogP contribution < -0.4 is 14.4 Å². The fraction of sp³-hybridized carbons (Fsp3) is 0.310. The number of nitrogens with one attached hydrogen (secondary N) is 1. The van der Waals surface area contributed by atoms with Crippen molar-refractivity contribution in [1.29, 1.82) is 0 Å². The first kappa shape index (κ1) is 30.0. The molecule has 0 bridgehead atoms. The van der Waals surface area contributed by atoms with E-state index in [0.29, 0.717) is 22.9 Å². The van der Waals surface area contributed by atoms with Gasteiger partial charge >= 0.3 is 0 Å². The summed E-state index contributed by atoms with van der Waals surface area (Å²) in [5, 5.41) is 3.11. The summed E-state index contributed by atoms with van der Waals surface area (Å²) < 4.78 is 34.2. The second kappa shape index (κ2) is 13.0. The van der Waals surface area contributed by atoms with E-state index < -0.39 is 28.5 Å². The number of likely N-dealkylation sites (N-methyl/N-ethyl adjacent to an activating group) is 1. The predicted molar refractivity (Wildman–Crippen MR) is 154 cm³/mol. The van der Waals surface area contributed by atoms with E-state index >= 15 is 0 Å². The molecule has 208 valence electrons. The van der Waals surface area contributed by atoms with E-state index in [1.54, 1.807) is 76.4 Å². The van der Waals surface area contributed by atoms with Gasteiger partial charge in [-0.25, -0.2) is 8.42 Å². The number of halogens is 1. The highest BCUT2D eigenvalue weighted by Crippen LogP contribution is 2.31. The second-order valence-electron chi connectivity index (χ2n) is 9.15. The van der Waals surface area contributed by atoms with Gasteiger partial charge in [0.05, 0.1) is 17.7 Å². The lowest BCUT2D eigenvalue weighted by atomic mass is 10.1. The second-order valence-corrected chi connectivity index (χ2v) is 11.4. The molecule has 10 heteroatoms. The number of amides is 2. The molecule has 2 amide bonds. The van der Waals surface area contributed by atoms with Crippen LogP contribution in [-0.2, 0) is 26.2 Å². The molecule has 0 saturated carbocycles. The summed E-state index contributed by atoms with van der Waals surface area (Å²) >= 11 is 6.35. The Labute approximate surface area is 235 Å². The maximum Gasteiger partial charge on any atom is 0.264 e. The molecule has 0 spiro atoms. The van der Waals surface area contributed by atoms with Crippen LogP contribution in [0.15, 0.2) is 71.6 Å². The molecular weight excluding hydrogens is 538 g/mol. The van der Waals surface area contributed by atoms with Gasteiger partial charge in [0.15, 0.2) is 0 Å². The smallest absolute Gasteiger partial charge is 0.264 e. The quantitative estimate of drug-likeness (QED) is 0.359. The maximum absolute atomic E-state index is 13.9. The highest BCUT2D eigenvalue weighted by Gasteiger charge is 2.33. The molecule has 0 unspecified atom stereocenters. The van der Waals surface area contributed by atoms with Crippen molar-refractivity contribution in [2.45, 2.75) is 45.2 Å². The molecule has 1 N–H and O–H groups in total. The molecule has 0 fully saturated rings. The van der Waals surface area contributed by atoms with Crippen LogP contribution in [0.1, 0.15) is 30.5 Å². The van der Waals surface area contributed by atoms with Crippen LogP contribution in [0.2, 0.25) is 5.02 Å². The lowest BCUT2D eigenvalue weighted by Gasteiger charge is -2.32. The minimum Gasteiger partial charge on any atom is -0.497 e. The van der Waals surface area contributed by atoms with Gasteiger partial charge in [-0.3, -0.25) is 13.9 Å². The normalized spacial score (nSPS) is 11.9. The number of hydrogen-bond donors (Lipinski definition) is 1. The zero-order valence-corrected chi connectivity index (χ0v) is 24.3. The van der Waals surface area contributed by atoms with Crippen molar-refractivity contribution in [3.8, 4) is 5.75 Å². The fourth-order valence-corrected chi connectivity index (χ4v) is 5.73. The average Bonchev–Trinajstić information content (AvgIpc) is 2.92. The largest absolute Gasteiger partial charge is 0.497 e. The molecule has 0 aliphatic carbocycles. The lowest BCUT2D eigenvalue weighted by Crippen LogP contribution is -2.51. The third-order valence-electron chi connectivity index (χ3n) is 6.40. The van der Waals surface area contributed by atoms with Crippen LogP contribution in [0, 0.1) is 13.8 Å². The number of sulfonamides is 1. The zero-order valence-electron chi connectivity index (χ0n) is 22.8. The van der Waals surface area contributed by atoms with E-state index in [0.717, 1.165) is 15.4 Å². The van der Waals surface area contributed by atoms with E-state index in [2.05, 4.69) is 5.32 Å². The zero-order chi connectivity index (χ0) is 28.7. The molecule has 0 heterocycles. The number of rotatable bonds is 11. The van der Waals surface area contributed by atoms with Crippen molar-refractivity contribution < 1.29 is 22.7 Å². The van der Waals surface area contributed by atoms with Gasteiger partial charge in [-0.15, -0.1) is 0 Å². The number of aryl methyl sites for hydroxylation is 1. The van der Waals surface area contributed by atoms with Gasteiger partial charge in [-0.2, -0.15) is 0 Å². The Hall–Kier alpha value is -3.56. The van der Waals surface area contributed by atoms with Crippen LogP contribution in [-0.4, -0.2) is 51.4 Å². The molecular formula is C29H34ClN3O5S. The van der Waals surface area contributed by atoms with Gasteiger partial charge in [0.25, 0.3) is 10.0 Å². The Balaban J connectivity index is 2.08. The van der Waals surface area contributed by atoms with Crippen molar-refractivity contribution in [3.63, 3.8) is 0 Å². The summed E-state index contributed by atoms with van der Waals surface area (Å²) in [4.78, 5) is 28.2. The van der Waals surface area contributed by atoms with Gasteiger partial charge in [-0.1, -0.05) is 47.5 Å². The first-order valence-corrected chi connectivity index (χ1v) is 14.4. The minimum absolute atomic E-state index is 0.0383. The molecule has 3 aromatic carbocycles. The molecule has 0 saturated heterocycles. The number of anilines is 1. The van der Waals surface area contributed by atoms with Crippen molar-refractivity contribution >= 4 is 39.1 Å². The van der Waals surface area contributed by atoms with Gasteiger partial charge in [0.2, 0.25) is 11.8 Å². The molecule has 0 radical (unpaired) electrons. The molecule has 3 rings (SSSR count). The molecule has 0 aliphatic rings. The van der Waals surface area contributed by atoms with E-state index in [-0.39, 0.29) is 23.0 Å². The van der Waals surface area contributed by atoms with Gasteiger partial charge in [-0.05, 0) is 75.2 Å². The van der Waals surface area contributed by atoms with Gasteiger partial charge in [0, 0.05) is 18.1 Å². The summed E-state index contributed by atoms with van der Waals surface area (Å²) in [6.07, 6.45) is 0. The summed E-state index contributed by atoms with van der Waals surface area (Å²) in [5.41, 5.74) is 2.42. The van der Waals surface area contributed by atoms with Crippen LogP contribution in [0.4, 0.5) is 5.69 Å². The van der Waals surface area contributed by atoms with Crippen LogP contribution in [0.25, 0.3) is 0 Å². The molecule has 1 atom stereocenters. The minimum atomic E-state index is -4.17. The van der Waals surface area contributed by atoms with Crippen molar-refractivity contribution in [3.05, 3.63) is 88.4 Å². The van der Waals surface area contributed by atoms with Crippen LogP contribution in [0.5, 0.6) is 5.75 Å². The predicted octanol–water partition coefficient (Wildman–Crippen LogP) is 4.71. The Morgan fingerprint density at radius 1 is 1.03 bits per heavy atom. The van der Waals surface area contributed by atoms with E-state index in [9.17, 15) is 18.0 Å². The number of carbonyl (C=O) groups is 2. The van der Waals surface area contributed by atoms with Crippen LogP contribution in [0.3, 0.4) is 0 Å². The topological polar surface area (TPSA) is 96.0 Å². The van der Waals surface area contributed by atoms with E-state index in [4.69, 9.17) is 16.3 Å². The number of methoxy groups -OCH3 is 1. The molecule has 8 nitrogen and oxygen atoms in total. The van der Waals surface area contributed by atoms with Gasteiger partial charge in [0.1, 0.15) is 18.3 Å². The third kappa shape index (κ3) is 7.10. The average molecular weight is 572 g/mol. The Morgan fingerprint density at radius 2 is 1.69 bits per heavy atom. The van der Waals surface area contributed by atoms with Crippen molar-refractivity contribution in [1.82, 2.24) is 10.2 Å². The summed E-state index contributed by atoms with van der Waals surface area (Å²) in [7, 11) is -2.63. The molecule has 3 aromatic rings. The summed E-state index contributed by atoms with van der Waals surface area (Å²) in [5.74, 6) is -0.295. The van der Waals surface area contributed by atoms with Gasteiger partial charge < -0.3 is 15.0 Å². The molecule has 39 heavy (non-hydrogen) atoms. The monoisotopic (exact) mass is 571 g/mol. The number of hydrogen-bond acceptors (Lipinski definition) is 5. The number of benzene rings is 3. The van der Waals surface area contributed by atoms with Crippen molar-refractivity contribution in [2.75, 3.05) is 24.5 Å². The van der Waals surface area contributed by atoms with Crippen LogP contribution >= 0.6 is 11.6 Å². The number of ether oxygens (including phenoxy) is 1. The SMILES string of the molecule is CCNC(=O)[C@@H](C)N(Cc1cccc(OC)c1)C(=O)CN(c1cccc(Cl)c1C)S(=O)(=O)c1ccc(C)cc1. The third-order valence-corrected chi connectivity index (χ3v) is 8.58. The first-order chi connectivity index (χ1) is 18.5.